The van der Waals surface area contributed by atoms with Gasteiger partial charge in [-0.1, -0.05) is 30.3 Å². The van der Waals surface area contributed by atoms with Crippen LogP contribution in [0.1, 0.15) is 5.56 Å². The largest absolute Gasteiger partial charge is 0.516 e. The Hall–Kier alpha value is -2.17. The Morgan fingerprint density at radius 2 is 1.87 bits per heavy atom. The van der Waals surface area contributed by atoms with E-state index in [2.05, 4.69) is 9.47 Å². The van der Waals surface area contributed by atoms with Crippen molar-refractivity contribution in [2.75, 3.05) is 0 Å². The molecule has 0 spiro atoms. The zero-order valence-corrected chi connectivity index (χ0v) is 7.71. The van der Waals surface area contributed by atoms with Crippen LogP contribution < -0.4 is 0 Å². The van der Waals surface area contributed by atoms with Gasteiger partial charge in [-0.15, -0.1) is 0 Å². The van der Waals surface area contributed by atoms with Crippen molar-refractivity contribution in [1.29, 1.82) is 0 Å². The van der Waals surface area contributed by atoms with E-state index in [-0.39, 0.29) is 12.9 Å². The van der Waals surface area contributed by atoms with Gasteiger partial charge in [-0.05, 0) is 5.56 Å². The van der Waals surface area contributed by atoms with Crippen LogP contribution in [0.2, 0.25) is 0 Å². The van der Waals surface area contributed by atoms with Gasteiger partial charge in [0.2, 0.25) is 6.29 Å². The molecule has 0 fully saturated rings. The minimum absolute atomic E-state index is 0.00812. The van der Waals surface area contributed by atoms with E-state index in [0.717, 1.165) is 5.56 Å². The van der Waals surface area contributed by atoms with Gasteiger partial charge < -0.3 is 9.47 Å². The molecule has 0 radical (unpaired) electrons. The molecule has 15 heavy (non-hydrogen) atoms. The highest BCUT2D eigenvalue weighted by atomic mass is 16.7. The summed E-state index contributed by atoms with van der Waals surface area (Å²) in [4.78, 5) is 30.9. The quantitative estimate of drug-likeness (QED) is 0.321. The maximum atomic E-state index is 10.8. The number of carbonyl (C=O) groups excluding carboxylic acids is 3. The summed E-state index contributed by atoms with van der Waals surface area (Å²) in [5.74, 6) is -1.27. The normalized spacial score (nSPS) is 9.07. The predicted octanol–water partition coefficient (Wildman–Crippen LogP) is 1.07. The molecule has 0 saturated heterocycles. The Kier molecular flexibility index (Phi) is 4.03. The molecule has 0 aromatic heterocycles. The Morgan fingerprint density at radius 3 is 2.47 bits per heavy atom. The van der Waals surface area contributed by atoms with Crippen LogP contribution in [-0.4, -0.2) is 18.4 Å². The summed E-state index contributed by atoms with van der Waals surface area (Å²) < 4.78 is 8.51. The summed E-state index contributed by atoms with van der Waals surface area (Å²) >= 11 is 0. The molecule has 1 aromatic rings. The second-order valence-electron chi connectivity index (χ2n) is 2.56. The van der Waals surface area contributed by atoms with Crippen LogP contribution in [0.5, 0.6) is 0 Å². The molecule has 0 unspecified atom stereocenters. The first-order chi connectivity index (χ1) is 7.22. The third-order valence-corrected chi connectivity index (χ3v) is 1.48. The van der Waals surface area contributed by atoms with Gasteiger partial charge in [-0.3, -0.25) is 4.79 Å². The van der Waals surface area contributed by atoms with Gasteiger partial charge in [0.1, 0.15) is 6.61 Å². The molecule has 0 aliphatic heterocycles. The SMILES string of the molecule is O=CC(=O)OC(=O)OCc1ccccc1. The number of hydrogen-bond acceptors (Lipinski definition) is 5. The first kappa shape index (κ1) is 10.9. The lowest BCUT2D eigenvalue weighted by Gasteiger charge is -2.02. The van der Waals surface area contributed by atoms with Crippen molar-refractivity contribution in [2.24, 2.45) is 0 Å². The maximum Gasteiger partial charge on any atom is 0.516 e. The number of esters is 1. The average molecular weight is 208 g/mol. The van der Waals surface area contributed by atoms with Crippen LogP contribution in [0.3, 0.4) is 0 Å². The van der Waals surface area contributed by atoms with Gasteiger partial charge in [-0.2, -0.15) is 0 Å². The third kappa shape index (κ3) is 4.04. The second kappa shape index (κ2) is 5.54. The molecule has 0 bridgehead atoms. The Bertz CT molecular complexity index is 357. The number of rotatable bonds is 3. The van der Waals surface area contributed by atoms with E-state index in [1.54, 1.807) is 24.3 Å². The summed E-state index contributed by atoms with van der Waals surface area (Å²) in [6, 6.07) is 8.86. The number of carbonyl (C=O) groups is 3. The molecule has 0 aliphatic carbocycles. The van der Waals surface area contributed by atoms with Crippen molar-refractivity contribution < 1.29 is 23.9 Å². The molecule has 0 heterocycles. The van der Waals surface area contributed by atoms with Gasteiger partial charge in [0.25, 0.3) is 0 Å². The van der Waals surface area contributed by atoms with Gasteiger partial charge in [0, 0.05) is 0 Å². The molecule has 5 nitrogen and oxygen atoms in total. The van der Waals surface area contributed by atoms with E-state index in [1.165, 1.54) is 0 Å². The number of hydrogen-bond donors (Lipinski definition) is 0. The molecule has 0 atom stereocenters. The van der Waals surface area contributed by atoms with Crippen LogP contribution >= 0.6 is 0 Å². The maximum absolute atomic E-state index is 10.8. The van der Waals surface area contributed by atoms with Crippen molar-refractivity contribution in [2.45, 2.75) is 6.61 Å². The Balaban J connectivity index is 2.35. The van der Waals surface area contributed by atoms with Crippen LogP contribution in [0.4, 0.5) is 4.79 Å². The molecule has 0 amide bonds. The fraction of sp³-hybridized carbons (Fsp3) is 0.100. The second-order valence-corrected chi connectivity index (χ2v) is 2.56. The highest BCUT2D eigenvalue weighted by Gasteiger charge is 2.09. The Morgan fingerprint density at radius 1 is 1.20 bits per heavy atom. The fourth-order valence-electron chi connectivity index (χ4n) is 0.852. The van der Waals surface area contributed by atoms with Gasteiger partial charge in [0.15, 0.2) is 0 Å². The van der Waals surface area contributed by atoms with Crippen molar-refractivity contribution in [1.82, 2.24) is 0 Å². The van der Waals surface area contributed by atoms with E-state index in [4.69, 9.17) is 0 Å². The monoisotopic (exact) mass is 208 g/mol. The van der Waals surface area contributed by atoms with Crippen molar-refractivity contribution in [3.05, 3.63) is 35.9 Å². The molecule has 78 valence electrons. The highest BCUT2D eigenvalue weighted by molar-refractivity contribution is 6.22. The van der Waals surface area contributed by atoms with Crippen LogP contribution in [0.25, 0.3) is 0 Å². The lowest BCUT2D eigenvalue weighted by molar-refractivity contribution is -0.145. The van der Waals surface area contributed by atoms with E-state index in [1.807, 2.05) is 6.07 Å². The minimum Gasteiger partial charge on any atom is -0.429 e. The first-order valence-electron chi connectivity index (χ1n) is 4.10. The molecular formula is C10H8O5. The molecule has 0 aliphatic rings. The van der Waals surface area contributed by atoms with Crippen LogP contribution in [0, 0.1) is 0 Å². The lowest BCUT2D eigenvalue weighted by Crippen LogP contribution is -2.14. The average Bonchev–Trinajstić information content (AvgIpc) is 2.27. The lowest BCUT2D eigenvalue weighted by atomic mass is 10.2. The molecular weight excluding hydrogens is 200 g/mol. The van der Waals surface area contributed by atoms with Crippen LogP contribution in [-0.2, 0) is 25.7 Å². The zero-order valence-electron chi connectivity index (χ0n) is 7.71. The van der Waals surface area contributed by atoms with Gasteiger partial charge in [0.05, 0.1) is 0 Å². The summed E-state index contributed by atoms with van der Waals surface area (Å²) in [6.45, 7) is -0.00812. The van der Waals surface area contributed by atoms with E-state index in [0.29, 0.717) is 0 Å². The van der Waals surface area contributed by atoms with Crippen molar-refractivity contribution >= 4 is 18.4 Å². The molecule has 0 N–H and O–H groups in total. The van der Waals surface area contributed by atoms with Crippen molar-refractivity contribution in [3.63, 3.8) is 0 Å². The number of benzene rings is 1. The predicted molar refractivity (Wildman–Crippen MR) is 48.8 cm³/mol. The minimum atomic E-state index is -1.27. The smallest absolute Gasteiger partial charge is 0.429 e. The van der Waals surface area contributed by atoms with E-state index in [9.17, 15) is 14.4 Å². The topological polar surface area (TPSA) is 69.7 Å². The van der Waals surface area contributed by atoms with Gasteiger partial charge >= 0.3 is 12.1 Å². The summed E-state index contributed by atoms with van der Waals surface area (Å²) in [6.07, 6.45) is -1.29. The van der Waals surface area contributed by atoms with Crippen molar-refractivity contribution in [3.8, 4) is 0 Å². The molecule has 0 saturated carbocycles. The zero-order chi connectivity index (χ0) is 11.1. The first-order valence-corrected chi connectivity index (χ1v) is 4.10. The summed E-state index contributed by atoms with van der Waals surface area (Å²) in [5, 5.41) is 0. The molecule has 5 heteroatoms. The third-order valence-electron chi connectivity index (χ3n) is 1.48. The van der Waals surface area contributed by atoms with Crippen LogP contribution in [0.15, 0.2) is 30.3 Å². The summed E-state index contributed by atoms with van der Waals surface area (Å²) in [5.41, 5.74) is 0.757. The van der Waals surface area contributed by atoms with Gasteiger partial charge in [-0.25, -0.2) is 9.59 Å². The fourth-order valence-corrected chi connectivity index (χ4v) is 0.852. The Labute approximate surface area is 85.6 Å². The molecule has 1 aromatic carbocycles. The summed E-state index contributed by atoms with van der Waals surface area (Å²) in [7, 11) is 0. The molecule has 1 rings (SSSR count). The highest BCUT2D eigenvalue weighted by Crippen LogP contribution is 2.01. The number of ether oxygens (including phenoxy) is 2. The standard InChI is InChI=1S/C10H8O5/c11-6-9(12)15-10(13)14-7-8-4-2-1-3-5-8/h1-6H,7H2. The van der Waals surface area contributed by atoms with E-state index < -0.39 is 12.1 Å². The van der Waals surface area contributed by atoms with E-state index >= 15 is 0 Å². The number of aldehydes is 1.